The number of para-hydroxylation sites is 1. The molecular formula is C15H15NO2S. The van der Waals surface area contributed by atoms with Crippen molar-refractivity contribution < 1.29 is 9.53 Å². The third-order valence-corrected chi connectivity index (χ3v) is 4.05. The fourth-order valence-electron chi connectivity index (χ4n) is 2.12. The fraction of sp³-hybridized carbons (Fsp3) is 0.267. The van der Waals surface area contributed by atoms with Gasteiger partial charge in [-0.1, -0.05) is 18.2 Å². The highest BCUT2D eigenvalue weighted by Gasteiger charge is 2.25. The molecule has 3 rings (SSSR count). The van der Waals surface area contributed by atoms with Crippen LogP contribution in [0.2, 0.25) is 0 Å². The molecule has 0 spiro atoms. The largest absolute Gasteiger partial charge is 0.371 e. The first-order valence-corrected chi connectivity index (χ1v) is 7.13. The van der Waals surface area contributed by atoms with Crippen LogP contribution in [0, 0.1) is 0 Å². The van der Waals surface area contributed by atoms with E-state index in [2.05, 4.69) is 4.90 Å². The second-order valence-corrected chi connectivity index (χ2v) is 5.61. The molecule has 0 radical (unpaired) electrons. The lowest BCUT2D eigenvalue weighted by Crippen LogP contribution is -2.24. The van der Waals surface area contributed by atoms with E-state index in [1.165, 1.54) is 11.3 Å². The molecule has 4 heteroatoms. The Morgan fingerprint density at radius 1 is 1.37 bits per heavy atom. The van der Waals surface area contributed by atoms with Crippen molar-refractivity contribution in [3.63, 3.8) is 0 Å². The van der Waals surface area contributed by atoms with Gasteiger partial charge in [0.15, 0.2) is 0 Å². The van der Waals surface area contributed by atoms with Crippen LogP contribution in [0.25, 0.3) is 0 Å². The van der Waals surface area contributed by atoms with Gasteiger partial charge in [0.05, 0.1) is 17.6 Å². The predicted octanol–water partition coefficient (Wildman–Crippen LogP) is 2.81. The Hall–Kier alpha value is -1.65. The molecule has 1 saturated heterocycles. The van der Waals surface area contributed by atoms with E-state index in [-0.39, 0.29) is 5.78 Å². The van der Waals surface area contributed by atoms with Gasteiger partial charge in [0, 0.05) is 24.8 Å². The molecule has 2 aromatic rings. The Labute approximate surface area is 116 Å². The standard InChI is InChI=1S/C15H15NO2S/c1-16(9-11-10-18-11)13-6-3-2-5-12(13)15(17)14-7-4-8-19-14/h2-8,11H,9-10H2,1H3. The number of rotatable bonds is 5. The minimum absolute atomic E-state index is 0.0918. The second-order valence-electron chi connectivity index (χ2n) is 4.66. The topological polar surface area (TPSA) is 32.8 Å². The minimum atomic E-state index is 0.0918. The maximum atomic E-state index is 12.5. The van der Waals surface area contributed by atoms with Crippen LogP contribution in [0.15, 0.2) is 41.8 Å². The van der Waals surface area contributed by atoms with Gasteiger partial charge < -0.3 is 9.64 Å². The van der Waals surface area contributed by atoms with Crippen molar-refractivity contribution in [1.82, 2.24) is 0 Å². The average Bonchev–Trinajstić information content (AvgIpc) is 3.08. The fourth-order valence-corrected chi connectivity index (χ4v) is 2.79. The van der Waals surface area contributed by atoms with Gasteiger partial charge in [0.1, 0.15) is 0 Å². The number of thiophene rings is 1. The van der Waals surface area contributed by atoms with Crippen LogP contribution in [0.5, 0.6) is 0 Å². The number of carbonyl (C=O) groups is 1. The monoisotopic (exact) mass is 273 g/mol. The number of nitrogens with zero attached hydrogens (tertiary/aromatic N) is 1. The van der Waals surface area contributed by atoms with Crippen LogP contribution < -0.4 is 4.90 Å². The number of hydrogen-bond acceptors (Lipinski definition) is 4. The van der Waals surface area contributed by atoms with E-state index in [9.17, 15) is 4.79 Å². The molecular weight excluding hydrogens is 258 g/mol. The first kappa shape index (κ1) is 12.4. The van der Waals surface area contributed by atoms with Gasteiger partial charge in [-0.15, -0.1) is 11.3 Å². The molecule has 1 unspecified atom stereocenters. The maximum Gasteiger partial charge on any atom is 0.205 e. The number of ether oxygens (including phenoxy) is 1. The average molecular weight is 273 g/mol. The van der Waals surface area contributed by atoms with Crippen molar-refractivity contribution in [2.75, 3.05) is 25.1 Å². The zero-order valence-electron chi connectivity index (χ0n) is 10.7. The smallest absolute Gasteiger partial charge is 0.205 e. The van der Waals surface area contributed by atoms with Crippen LogP contribution in [0.4, 0.5) is 5.69 Å². The third kappa shape index (κ3) is 2.69. The number of ketones is 1. The molecule has 1 aliphatic heterocycles. The summed E-state index contributed by atoms with van der Waals surface area (Å²) >= 11 is 1.48. The molecule has 0 bridgehead atoms. The molecule has 0 amide bonds. The van der Waals surface area contributed by atoms with Crippen LogP contribution in [0.1, 0.15) is 15.2 Å². The van der Waals surface area contributed by atoms with Crippen molar-refractivity contribution in [3.8, 4) is 0 Å². The molecule has 98 valence electrons. The van der Waals surface area contributed by atoms with Gasteiger partial charge in [-0.05, 0) is 23.6 Å². The molecule has 1 aliphatic rings. The Morgan fingerprint density at radius 3 is 2.84 bits per heavy atom. The summed E-state index contributed by atoms with van der Waals surface area (Å²) in [5.41, 5.74) is 1.73. The molecule has 1 aromatic carbocycles. The van der Waals surface area contributed by atoms with Gasteiger partial charge in [0.25, 0.3) is 0 Å². The lowest BCUT2D eigenvalue weighted by molar-refractivity contribution is 0.104. The van der Waals surface area contributed by atoms with Gasteiger partial charge in [-0.2, -0.15) is 0 Å². The minimum Gasteiger partial charge on any atom is -0.371 e. The molecule has 1 atom stereocenters. The van der Waals surface area contributed by atoms with Crippen molar-refractivity contribution >= 4 is 22.8 Å². The first-order chi connectivity index (χ1) is 9.25. The molecule has 2 heterocycles. The number of carbonyl (C=O) groups excluding carboxylic acids is 1. The highest BCUT2D eigenvalue weighted by molar-refractivity contribution is 7.12. The van der Waals surface area contributed by atoms with E-state index in [4.69, 9.17) is 4.74 Å². The number of epoxide rings is 1. The molecule has 1 aromatic heterocycles. The summed E-state index contributed by atoms with van der Waals surface area (Å²) in [5.74, 6) is 0.0918. The maximum absolute atomic E-state index is 12.5. The SMILES string of the molecule is CN(CC1CO1)c1ccccc1C(=O)c1cccs1. The summed E-state index contributed by atoms with van der Waals surface area (Å²) in [6, 6.07) is 11.5. The van der Waals surface area contributed by atoms with Crippen molar-refractivity contribution in [1.29, 1.82) is 0 Å². The molecule has 0 saturated carbocycles. The van der Waals surface area contributed by atoms with Gasteiger partial charge in [0.2, 0.25) is 5.78 Å². The highest BCUT2D eigenvalue weighted by Crippen LogP contribution is 2.25. The number of likely N-dealkylation sites (N-methyl/N-ethyl adjacent to an activating group) is 1. The lowest BCUT2D eigenvalue weighted by atomic mass is 10.1. The quantitative estimate of drug-likeness (QED) is 0.620. The summed E-state index contributed by atoms with van der Waals surface area (Å²) in [4.78, 5) is 15.4. The Balaban J connectivity index is 1.90. The normalized spacial score (nSPS) is 17.2. The van der Waals surface area contributed by atoms with Crippen molar-refractivity contribution in [3.05, 3.63) is 52.2 Å². The number of benzene rings is 1. The molecule has 19 heavy (non-hydrogen) atoms. The molecule has 0 N–H and O–H groups in total. The first-order valence-electron chi connectivity index (χ1n) is 6.25. The summed E-state index contributed by atoms with van der Waals surface area (Å²) in [6.45, 7) is 1.65. The molecule has 0 aliphatic carbocycles. The predicted molar refractivity (Wildman–Crippen MR) is 77.2 cm³/mol. The highest BCUT2D eigenvalue weighted by atomic mass is 32.1. The van der Waals surface area contributed by atoms with E-state index in [1.54, 1.807) is 0 Å². The second kappa shape index (κ2) is 5.15. The van der Waals surface area contributed by atoms with E-state index in [1.807, 2.05) is 48.8 Å². The number of anilines is 1. The van der Waals surface area contributed by atoms with Gasteiger partial charge in [-0.3, -0.25) is 4.79 Å². The van der Waals surface area contributed by atoms with Gasteiger partial charge >= 0.3 is 0 Å². The van der Waals surface area contributed by atoms with Crippen LogP contribution >= 0.6 is 11.3 Å². The van der Waals surface area contributed by atoms with Crippen molar-refractivity contribution in [2.45, 2.75) is 6.10 Å². The third-order valence-electron chi connectivity index (χ3n) is 3.18. The lowest BCUT2D eigenvalue weighted by Gasteiger charge is -2.20. The summed E-state index contributed by atoms with van der Waals surface area (Å²) in [6.07, 6.45) is 0.315. The van der Waals surface area contributed by atoms with E-state index >= 15 is 0 Å². The van der Waals surface area contributed by atoms with Gasteiger partial charge in [-0.25, -0.2) is 0 Å². The molecule has 1 fully saturated rings. The van der Waals surface area contributed by atoms with Crippen molar-refractivity contribution in [2.24, 2.45) is 0 Å². The summed E-state index contributed by atoms with van der Waals surface area (Å²) in [5, 5.41) is 1.93. The van der Waals surface area contributed by atoms with E-state index in [0.29, 0.717) is 6.10 Å². The zero-order chi connectivity index (χ0) is 13.2. The van der Waals surface area contributed by atoms with E-state index < -0.39 is 0 Å². The Bertz CT molecular complexity index is 576. The van der Waals surface area contributed by atoms with Crippen LogP contribution in [0.3, 0.4) is 0 Å². The van der Waals surface area contributed by atoms with Crippen LogP contribution in [-0.4, -0.2) is 32.1 Å². The summed E-state index contributed by atoms with van der Waals surface area (Å²) < 4.78 is 5.25. The zero-order valence-corrected chi connectivity index (χ0v) is 11.5. The summed E-state index contributed by atoms with van der Waals surface area (Å²) in [7, 11) is 2.00. The van der Waals surface area contributed by atoms with E-state index in [0.717, 1.165) is 29.3 Å². The Kier molecular flexibility index (Phi) is 3.36. The number of hydrogen-bond donors (Lipinski definition) is 0. The molecule has 3 nitrogen and oxygen atoms in total. The Morgan fingerprint density at radius 2 is 2.16 bits per heavy atom. The van der Waals surface area contributed by atoms with Crippen LogP contribution in [-0.2, 0) is 4.74 Å².